The highest BCUT2D eigenvalue weighted by atomic mass is 35.5. The normalized spacial score (nSPS) is 11.2. The number of carbonyl (C=O) groups excluding carboxylic acids is 1. The van der Waals surface area contributed by atoms with Gasteiger partial charge in [-0.25, -0.2) is 9.78 Å². The summed E-state index contributed by atoms with van der Waals surface area (Å²) >= 11 is 6.85. The Labute approximate surface area is 123 Å². The molecule has 20 heavy (non-hydrogen) atoms. The predicted molar refractivity (Wildman–Crippen MR) is 78.7 cm³/mol. The van der Waals surface area contributed by atoms with Crippen molar-refractivity contribution in [3.63, 3.8) is 0 Å². The minimum atomic E-state index is -0.437. The van der Waals surface area contributed by atoms with Gasteiger partial charge in [-0.2, -0.15) is 0 Å². The highest BCUT2D eigenvalue weighted by Gasteiger charge is 2.15. The zero-order valence-electron chi connectivity index (χ0n) is 11.2. The van der Waals surface area contributed by atoms with Crippen LogP contribution < -0.4 is 11.2 Å². The van der Waals surface area contributed by atoms with Gasteiger partial charge in [0.1, 0.15) is 10.5 Å². The molecule has 0 N–H and O–H groups in total. The monoisotopic (exact) mass is 315 g/mol. The summed E-state index contributed by atoms with van der Waals surface area (Å²) in [5.74, 6) is 0.122. The summed E-state index contributed by atoms with van der Waals surface area (Å²) in [6.07, 6.45) is 1.31. The highest BCUT2D eigenvalue weighted by molar-refractivity contribution is 7.22. The molecule has 0 aliphatic rings. The molecular weight excluding hydrogens is 302 g/mol. The maximum Gasteiger partial charge on any atom is 0.332 e. The van der Waals surface area contributed by atoms with Crippen LogP contribution in [0.1, 0.15) is 26.2 Å². The number of Topliss-reactive ketones (excluding diaryl/α,β-unsaturated/α-hetero) is 1. The van der Waals surface area contributed by atoms with E-state index in [0.717, 1.165) is 15.9 Å². The zero-order chi connectivity index (χ0) is 14.9. The van der Waals surface area contributed by atoms with E-state index in [9.17, 15) is 14.4 Å². The Morgan fingerprint density at radius 3 is 2.75 bits per heavy atom. The molecule has 0 unspecified atom stereocenters. The number of fused-ring (bicyclic) bond motifs is 1. The molecule has 0 spiro atoms. The van der Waals surface area contributed by atoms with Gasteiger partial charge in [-0.1, -0.05) is 29.9 Å². The standard InChI is InChI=1S/C12H14ClN3O3S/c1-3-7(17)5-4-6-16-10(18)8-9(14-11(13)20-8)15(2)12(16)19/h3-6H2,1-2H3. The number of thiazole rings is 1. The molecule has 0 saturated carbocycles. The molecule has 108 valence electrons. The molecular formula is C12H14ClN3O3S. The van der Waals surface area contributed by atoms with Crippen molar-refractivity contribution in [2.45, 2.75) is 32.7 Å². The van der Waals surface area contributed by atoms with Crippen LogP contribution in [0, 0.1) is 0 Å². The summed E-state index contributed by atoms with van der Waals surface area (Å²) in [5.41, 5.74) is -0.527. The Kier molecular flexibility index (Phi) is 4.39. The first-order chi connectivity index (χ1) is 9.45. The molecule has 8 heteroatoms. The van der Waals surface area contributed by atoms with Crippen molar-refractivity contribution >= 4 is 39.1 Å². The lowest BCUT2D eigenvalue weighted by Gasteiger charge is -2.07. The van der Waals surface area contributed by atoms with E-state index >= 15 is 0 Å². The fourth-order valence-corrected chi connectivity index (χ4v) is 3.03. The van der Waals surface area contributed by atoms with E-state index in [2.05, 4.69) is 4.98 Å². The third-order valence-electron chi connectivity index (χ3n) is 3.09. The fraction of sp³-hybridized carbons (Fsp3) is 0.500. The summed E-state index contributed by atoms with van der Waals surface area (Å²) in [6, 6.07) is 0. The molecule has 2 aromatic rings. The summed E-state index contributed by atoms with van der Waals surface area (Å²) in [7, 11) is 1.55. The van der Waals surface area contributed by atoms with Crippen LogP contribution in [0.3, 0.4) is 0 Å². The second-order valence-electron chi connectivity index (χ2n) is 4.41. The number of rotatable bonds is 5. The molecule has 0 aromatic carbocycles. The van der Waals surface area contributed by atoms with Gasteiger partial charge >= 0.3 is 5.69 Å². The second kappa shape index (κ2) is 5.88. The first kappa shape index (κ1) is 14.9. The van der Waals surface area contributed by atoms with Crippen LogP contribution in [0.15, 0.2) is 9.59 Å². The van der Waals surface area contributed by atoms with Crippen molar-refractivity contribution in [3.8, 4) is 0 Å². The first-order valence-electron chi connectivity index (χ1n) is 6.23. The Balaban J connectivity index is 2.41. The highest BCUT2D eigenvalue weighted by Crippen LogP contribution is 2.21. The molecule has 0 amide bonds. The number of hydrogen-bond donors (Lipinski definition) is 0. The molecule has 0 radical (unpaired) electrons. The summed E-state index contributed by atoms with van der Waals surface area (Å²) in [5, 5.41) is 0. The average Bonchev–Trinajstić information content (AvgIpc) is 2.82. The molecule has 0 atom stereocenters. The maximum atomic E-state index is 12.2. The van der Waals surface area contributed by atoms with Gasteiger partial charge in [0.05, 0.1) is 0 Å². The van der Waals surface area contributed by atoms with Crippen LogP contribution in [0.4, 0.5) is 0 Å². The van der Waals surface area contributed by atoms with E-state index in [0.29, 0.717) is 29.6 Å². The van der Waals surface area contributed by atoms with Crippen LogP contribution in [-0.4, -0.2) is 19.9 Å². The van der Waals surface area contributed by atoms with Gasteiger partial charge < -0.3 is 0 Å². The molecule has 2 aromatic heterocycles. The minimum Gasteiger partial charge on any atom is -0.300 e. The number of nitrogens with zero attached hydrogens (tertiary/aromatic N) is 3. The molecule has 2 heterocycles. The van der Waals surface area contributed by atoms with Gasteiger partial charge in [-0.05, 0) is 6.42 Å². The van der Waals surface area contributed by atoms with Crippen LogP contribution in [0.2, 0.25) is 4.47 Å². The Morgan fingerprint density at radius 2 is 2.10 bits per heavy atom. The van der Waals surface area contributed by atoms with Crippen LogP contribution in [-0.2, 0) is 18.4 Å². The van der Waals surface area contributed by atoms with Gasteiger partial charge in [0.2, 0.25) is 0 Å². The van der Waals surface area contributed by atoms with Crippen LogP contribution in [0.5, 0.6) is 0 Å². The van der Waals surface area contributed by atoms with E-state index < -0.39 is 11.2 Å². The molecule has 6 nitrogen and oxygen atoms in total. The Bertz CT molecular complexity index is 775. The summed E-state index contributed by atoms with van der Waals surface area (Å²) in [4.78, 5) is 39.6. The molecule has 0 saturated heterocycles. The quantitative estimate of drug-likeness (QED) is 0.839. The van der Waals surface area contributed by atoms with E-state index in [1.165, 1.54) is 4.57 Å². The smallest absolute Gasteiger partial charge is 0.300 e. The molecule has 2 rings (SSSR count). The van der Waals surface area contributed by atoms with Gasteiger partial charge in [0.15, 0.2) is 10.1 Å². The number of hydrogen-bond acceptors (Lipinski definition) is 5. The lowest BCUT2D eigenvalue weighted by molar-refractivity contribution is -0.118. The van der Waals surface area contributed by atoms with Crippen molar-refractivity contribution in [1.82, 2.24) is 14.1 Å². The van der Waals surface area contributed by atoms with Crippen molar-refractivity contribution in [3.05, 3.63) is 25.3 Å². The SMILES string of the molecule is CCC(=O)CCCn1c(=O)c2sc(Cl)nc2n(C)c1=O. The topological polar surface area (TPSA) is 74.0 Å². The van der Waals surface area contributed by atoms with E-state index in [1.807, 2.05) is 0 Å². The van der Waals surface area contributed by atoms with E-state index in [1.54, 1.807) is 14.0 Å². The Morgan fingerprint density at radius 1 is 1.40 bits per heavy atom. The van der Waals surface area contributed by atoms with Crippen molar-refractivity contribution in [2.75, 3.05) is 0 Å². The number of ketones is 1. The number of aromatic nitrogens is 3. The fourth-order valence-electron chi connectivity index (χ4n) is 1.94. The van der Waals surface area contributed by atoms with Crippen molar-refractivity contribution in [2.24, 2.45) is 7.05 Å². The second-order valence-corrected chi connectivity index (χ2v) is 5.99. The van der Waals surface area contributed by atoms with Crippen molar-refractivity contribution < 1.29 is 4.79 Å². The lowest BCUT2D eigenvalue weighted by Crippen LogP contribution is -2.38. The van der Waals surface area contributed by atoms with E-state index in [4.69, 9.17) is 11.6 Å². The van der Waals surface area contributed by atoms with Gasteiger partial charge in [0.25, 0.3) is 5.56 Å². The first-order valence-corrected chi connectivity index (χ1v) is 7.42. The Hall–Kier alpha value is -1.47. The minimum absolute atomic E-state index is 0.122. The van der Waals surface area contributed by atoms with Gasteiger partial charge in [-0.3, -0.25) is 18.7 Å². The average molecular weight is 316 g/mol. The number of halogens is 1. The third kappa shape index (κ3) is 2.69. The van der Waals surface area contributed by atoms with Crippen LogP contribution >= 0.6 is 22.9 Å². The zero-order valence-corrected chi connectivity index (χ0v) is 12.8. The largest absolute Gasteiger partial charge is 0.332 e. The number of carbonyl (C=O) groups is 1. The molecule has 0 fully saturated rings. The molecule has 0 aliphatic carbocycles. The lowest BCUT2D eigenvalue weighted by atomic mass is 10.2. The van der Waals surface area contributed by atoms with Gasteiger partial charge in [-0.15, -0.1) is 0 Å². The van der Waals surface area contributed by atoms with Gasteiger partial charge in [0, 0.05) is 26.4 Å². The molecule has 0 bridgehead atoms. The third-order valence-corrected chi connectivity index (χ3v) is 4.23. The van der Waals surface area contributed by atoms with E-state index in [-0.39, 0.29) is 16.8 Å². The number of aryl methyl sites for hydroxylation is 1. The summed E-state index contributed by atoms with van der Waals surface area (Å²) < 4.78 is 3.03. The van der Waals surface area contributed by atoms with Crippen LogP contribution in [0.25, 0.3) is 10.3 Å². The van der Waals surface area contributed by atoms with Crippen molar-refractivity contribution in [1.29, 1.82) is 0 Å². The molecule has 0 aliphatic heterocycles. The predicted octanol–water partition coefficient (Wildman–Crippen LogP) is 1.57. The maximum absolute atomic E-state index is 12.2. The summed E-state index contributed by atoms with van der Waals surface area (Å²) in [6.45, 7) is 2.02.